The lowest BCUT2D eigenvalue weighted by Gasteiger charge is -2.27. The Hall–Kier alpha value is -2.83. The molecule has 172 valence electrons. The van der Waals surface area contributed by atoms with Crippen LogP contribution in [0.25, 0.3) is 21.1 Å². The predicted octanol–water partition coefficient (Wildman–Crippen LogP) is 3.28. The van der Waals surface area contributed by atoms with Crippen molar-refractivity contribution in [2.45, 2.75) is 38.8 Å². The molecule has 0 bridgehead atoms. The van der Waals surface area contributed by atoms with Crippen molar-refractivity contribution in [1.29, 1.82) is 5.26 Å². The summed E-state index contributed by atoms with van der Waals surface area (Å²) >= 11 is 1.50. The van der Waals surface area contributed by atoms with Gasteiger partial charge in [-0.2, -0.15) is 5.26 Å². The van der Waals surface area contributed by atoms with Gasteiger partial charge in [-0.05, 0) is 62.1 Å². The normalized spacial score (nSPS) is 14.2. The fourth-order valence-corrected chi connectivity index (χ4v) is 4.93. The lowest BCUT2D eigenvalue weighted by molar-refractivity contribution is 0.0769. The highest BCUT2D eigenvalue weighted by Crippen LogP contribution is 2.33. The average Bonchev–Trinajstić information content (AvgIpc) is 3.22. The van der Waals surface area contributed by atoms with Crippen LogP contribution in [0.5, 0.6) is 5.75 Å². The van der Waals surface area contributed by atoms with Crippen LogP contribution >= 0.6 is 11.3 Å². The molecule has 2 heterocycles. The van der Waals surface area contributed by atoms with Crippen LogP contribution in [-0.2, 0) is 12.8 Å². The van der Waals surface area contributed by atoms with Crippen LogP contribution in [0.1, 0.15) is 30.5 Å². The number of nitrogens with zero attached hydrogens (tertiary/aromatic N) is 4. The van der Waals surface area contributed by atoms with Crippen LogP contribution < -0.4 is 4.74 Å². The molecule has 1 aliphatic rings. The molecule has 0 spiro atoms. The molecule has 1 aromatic heterocycles. The molecule has 0 radical (unpaired) electrons. The Labute approximate surface area is 197 Å². The van der Waals surface area contributed by atoms with Gasteiger partial charge in [-0.25, -0.2) is 0 Å². The molecule has 0 saturated carbocycles. The highest BCUT2D eigenvalue weighted by atomic mass is 32.1. The number of fused-ring (bicyclic) bond motifs is 1. The van der Waals surface area contributed by atoms with Crippen LogP contribution in [-0.4, -0.2) is 63.8 Å². The van der Waals surface area contributed by atoms with Crippen molar-refractivity contribution in [3.8, 4) is 33.0 Å². The molecule has 0 aliphatic carbocycles. The van der Waals surface area contributed by atoms with Gasteiger partial charge >= 0.3 is 0 Å². The standard InChI is InChI=1S/C25H28N4O3S/c1-16(2)32-23-6-5-20(12-21(23)13-26)25-28-27-24(33-25)19-4-3-17-7-9-29(22(14-30)15-31)10-8-18(17)11-19/h3-6,11-12,16,22,30-31H,7-10,14-15H2,1-2H3. The minimum absolute atomic E-state index is 0.00506. The number of benzene rings is 2. The first kappa shape index (κ1) is 23.3. The lowest BCUT2D eigenvalue weighted by atomic mass is 10.0. The summed E-state index contributed by atoms with van der Waals surface area (Å²) in [5.41, 5.74) is 4.91. The second-order valence-corrected chi connectivity index (χ2v) is 9.42. The summed E-state index contributed by atoms with van der Waals surface area (Å²) in [5.74, 6) is 0.574. The number of nitriles is 1. The molecule has 33 heavy (non-hydrogen) atoms. The van der Waals surface area contributed by atoms with Gasteiger partial charge < -0.3 is 14.9 Å². The Morgan fingerprint density at radius 1 is 1.00 bits per heavy atom. The number of hydrogen-bond acceptors (Lipinski definition) is 8. The maximum Gasteiger partial charge on any atom is 0.148 e. The first-order chi connectivity index (χ1) is 16.0. The molecule has 2 aromatic carbocycles. The second-order valence-electron chi connectivity index (χ2n) is 8.44. The van der Waals surface area contributed by atoms with Crippen molar-refractivity contribution in [3.05, 3.63) is 53.1 Å². The van der Waals surface area contributed by atoms with Crippen LogP contribution in [0, 0.1) is 11.3 Å². The van der Waals surface area contributed by atoms with E-state index in [0.29, 0.717) is 11.3 Å². The smallest absolute Gasteiger partial charge is 0.148 e. The van der Waals surface area contributed by atoms with E-state index in [9.17, 15) is 15.5 Å². The molecular weight excluding hydrogens is 436 g/mol. The highest BCUT2D eigenvalue weighted by Gasteiger charge is 2.21. The van der Waals surface area contributed by atoms with Crippen LogP contribution in [0.15, 0.2) is 36.4 Å². The molecule has 0 saturated heterocycles. The van der Waals surface area contributed by atoms with E-state index < -0.39 is 0 Å². The molecule has 3 aromatic rings. The van der Waals surface area contributed by atoms with Crippen LogP contribution in [0.4, 0.5) is 0 Å². The molecule has 0 amide bonds. The van der Waals surface area contributed by atoms with E-state index in [0.717, 1.165) is 47.1 Å². The fourth-order valence-electron chi connectivity index (χ4n) is 4.09. The monoisotopic (exact) mass is 464 g/mol. The largest absolute Gasteiger partial charge is 0.490 e. The van der Waals surface area contributed by atoms with Gasteiger partial charge in [0.2, 0.25) is 0 Å². The van der Waals surface area contributed by atoms with Crippen molar-refractivity contribution >= 4 is 11.3 Å². The van der Waals surface area contributed by atoms with E-state index >= 15 is 0 Å². The van der Waals surface area contributed by atoms with E-state index in [1.165, 1.54) is 22.5 Å². The van der Waals surface area contributed by atoms with E-state index in [4.69, 9.17) is 4.74 Å². The van der Waals surface area contributed by atoms with Crippen molar-refractivity contribution in [2.75, 3.05) is 26.3 Å². The summed E-state index contributed by atoms with van der Waals surface area (Å²) in [7, 11) is 0. The van der Waals surface area contributed by atoms with E-state index in [1.54, 1.807) is 6.07 Å². The minimum Gasteiger partial charge on any atom is -0.490 e. The van der Waals surface area contributed by atoms with Gasteiger partial charge in [0.1, 0.15) is 21.8 Å². The number of rotatable bonds is 7. The van der Waals surface area contributed by atoms with E-state index in [-0.39, 0.29) is 25.4 Å². The van der Waals surface area contributed by atoms with Crippen molar-refractivity contribution < 1.29 is 14.9 Å². The number of aliphatic hydroxyl groups is 2. The lowest BCUT2D eigenvalue weighted by Crippen LogP contribution is -2.42. The Bertz CT molecular complexity index is 1150. The Balaban J connectivity index is 1.55. The number of aromatic nitrogens is 2. The Morgan fingerprint density at radius 2 is 1.64 bits per heavy atom. The third kappa shape index (κ3) is 5.23. The molecule has 1 aliphatic heterocycles. The first-order valence-electron chi connectivity index (χ1n) is 11.1. The number of ether oxygens (including phenoxy) is 1. The Kier molecular flexibility index (Phi) is 7.36. The summed E-state index contributed by atoms with van der Waals surface area (Å²) in [4.78, 5) is 2.15. The zero-order chi connectivity index (χ0) is 23.4. The van der Waals surface area contributed by atoms with Gasteiger partial charge in [0.15, 0.2) is 0 Å². The minimum atomic E-state index is -0.208. The molecule has 7 nitrogen and oxygen atoms in total. The maximum atomic E-state index is 9.52. The quantitative estimate of drug-likeness (QED) is 0.553. The highest BCUT2D eigenvalue weighted by molar-refractivity contribution is 7.17. The van der Waals surface area contributed by atoms with Gasteiger partial charge in [-0.1, -0.05) is 23.5 Å². The molecule has 2 N–H and O–H groups in total. The summed E-state index contributed by atoms with van der Waals surface area (Å²) in [6, 6.07) is 13.9. The molecule has 8 heteroatoms. The number of hydrogen-bond donors (Lipinski definition) is 2. The number of aliphatic hydroxyl groups excluding tert-OH is 2. The van der Waals surface area contributed by atoms with Gasteiger partial charge in [0.05, 0.1) is 30.9 Å². The summed E-state index contributed by atoms with van der Waals surface area (Å²) in [6.45, 7) is 5.40. The average molecular weight is 465 g/mol. The zero-order valence-electron chi connectivity index (χ0n) is 18.9. The molecule has 4 rings (SSSR count). The van der Waals surface area contributed by atoms with Gasteiger partial charge in [0.25, 0.3) is 0 Å². The third-order valence-corrected chi connectivity index (χ3v) is 6.88. The van der Waals surface area contributed by atoms with Crippen LogP contribution in [0.3, 0.4) is 0 Å². The summed E-state index contributed by atoms with van der Waals surface area (Å²) in [5, 5.41) is 38.9. The maximum absolute atomic E-state index is 9.52. The van der Waals surface area contributed by atoms with Crippen molar-refractivity contribution in [3.63, 3.8) is 0 Å². The van der Waals surface area contributed by atoms with Gasteiger partial charge in [0, 0.05) is 24.2 Å². The Morgan fingerprint density at radius 3 is 2.27 bits per heavy atom. The molecule has 0 fully saturated rings. The third-order valence-electron chi connectivity index (χ3n) is 5.86. The fraction of sp³-hybridized carbons (Fsp3) is 0.400. The van der Waals surface area contributed by atoms with Crippen LogP contribution in [0.2, 0.25) is 0 Å². The second kappa shape index (κ2) is 10.4. The van der Waals surface area contributed by atoms with Gasteiger partial charge in [-0.3, -0.25) is 4.90 Å². The summed E-state index contributed by atoms with van der Waals surface area (Å²) < 4.78 is 5.71. The van der Waals surface area contributed by atoms with Gasteiger partial charge in [-0.15, -0.1) is 10.2 Å². The summed E-state index contributed by atoms with van der Waals surface area (Å²) in [6.07, 6.45) is 1.73. The van der Waals surface area contributed by atoms with E-state index in [2.05, 4.69) is 39.4 Å². The SMILES string of the molecule is CC(C)Oc1ccc(-c2nnc(-c3ccc4c(c3)CCN(C(CO)CO)CC4)s2)cc1C#N. The molecule has 0 unspecified atom stereocenters. The predicted molar refractivity (Wildman–Crippen MR) is 128 cm³/mol. The molecular formula is C25H28N4O3S. The first-order valence-corrected chi connectivity index (χ1v) is 12.0. The topological polar surface area (TPSA) is 102 Å². The van der Waals surface area contributed by atoms with Crippen molar-refractivity contribution in [1.82, 2.24) is 15.1 Å². The molecule has 0 atom stereocenters. The zero-order valence-corrected chi connectivity index (χ0v) is 19.7. The van der Waals surface area contributed by atoms with Crippen molar-refractivity contribution in [2.24, 2.45) is 0 Å². The van der Waals surface area contributed by atoms with E-state index in [1.807, 2.05) is 26.0 Å².